The van der Waals surface area contributed by atoms with E-state index in [2.05, 4.69) is 25.3 Å². The zero-order valence-electron chi connectivity index (χ0n) is 22.0. The number of nitrogens with two attached hydrogens (primary N) is 1. The van der Waals surface area contributed by atoms with Crippen molar-refractivity contribution >= 4 is 44.3 Å². The number of hydrogen-bond acceptors (Lipinski definition) is 7. The molecule has 1 heterocycles. The monoisotopic (exact) mass is 614 g/mol. The van der Waals surface area contributed by atoms with Crippen LogP contribution >= 0.6 is 11.6 Å². The van der Waals surface area contributed by atoms with Gasteiger partial charge in [0.05, 0.1) is 16.1 Å². The van der Waals surface area contributed by atoms with Crippen LogP contribution in [0, 0.1) is 11.8 Å². The molecule has 1 fully saturated rings. The molecule has 1 aromatic heterocycles. The smallest absolute Gasteiger partial charge is 0.369 e. The summed E-state index contributed by atoms with van der Waals surface area (Å²) in [4.78, 5) is 8.78. The van der Waals surface area contributed by atoms with Crippen molar-refractivity contribution in [3.63, 3.8) is 0 Å². The van der Waals surface area contributed by atoms with Crippen LogP contribution < -0.4 is 21.1 Å². The van der Waals surface area contributed by atoms with Crippen LogP contribution in [0.15, 0.2) is 47.4 Å². The maximum Gasteiger partial charge on any atom is 0.416 e. The summed E-state index contributed by atoms with van der Waals surface area (Å²) in [5.41, 5.74) is 5.38. The largest absolute Gasteiger partial charge is 0.416 e. The van der Waals surface area contributed by atoms with Crippen LogP contribution in [0.25, 0.3) is 10.9 Å². The number of rotatable bonds is 12. The number of hydrogen-bond donors (Lipinski definition) is 4. The zero-order chi connectivity index (χ0) is 28.8. The minimum absolute atomic E-state index is 0. The second-order valence-electron chi connectivity index (χ2n) is 10.1. The van der Waals surface area contributed by atoms with Gasteiger partial charge in [0.1, 0.15) is 10.7 Å². The van der Waals surface area contributed by atoms with Gasteiger partial charge in [0.2, 0.25) is 16.0 Å². The molecule has 0 aliphatic heterocycles. The van der Waals surface area contributed by atoms with Crippen molar-refractivity contribution in [3.05, 3.63) is 53.1 Å². The summed E-state index contributed by atoms with van der Waals surface area (Å²) in [6, 6.07) is 10.1. The lowest BCUT2D eigenvalue weighted by Crippen LogP contribution is -2.32. The Morgan fingerprint density at radius 1 is 0.951 bits per heavy atom. The van der Waals surface area contributed by atoms with Crippen LogP contribution in [0.2, 0.25) is 5.02 Å². The summed E-state index contributed by atoms with van der Waals surface area (Å²) >= 11 is 5.92. The minimum Gasteiger partial charge on any atom is -0.369 e. The Morgan fingerprint density at radius 2 is 1.63 bits per heavy atom. The van der Waals surface area contributed by atoms with Crippen LogP contribution in [0.5, 0.6) is 0 Å². The van der Waals surface area contributed by atoms with Gasteiger partial charge in [0.15, 0.2) is 0 Å². The number of sulfonamides is 1. The van der Waals surface area contributed by atoms with Gasteiger partial charge < -0.3 is 16.4 Å². The number of alkyl halides is 3. The van der Waals surface area contributed by atoms with Gasteiger partial charge in [-0.2, -0.15) is 18.2 Å². The number of nitrogens with zero attached hydrogens (tertiary/aromatic N) is 2. The number of para-hydroxylation sites is 1. The molecule has 3 aromatic rings. The summed E-state index contributed by atoms with van der Waals surface area (Å²) in [5.74, 6) is 1.77. The maximum absolute atomic E-state index is 13.1. The van der Waals surface area contributed by atoms with Gasteiger partial charge in [-0.15, -0.1) is 0 Å². The first-order valence-electron chi connectivity index (χ1n) is 13.4. The second-order valence-corrected chi connectivity index (χ2v) is 12.2. The topological polar surface area (TPSA) is 122 Å². The quantitative estimate of drug-likeness (QED) is 0.177. The molecule has 1 aliphatic rings. The number of aromatic nitrogens is 2. The van der Waals surface area contributed by atoms with Gasteiger partial charge >= 0.3 is 6.18 Å². The molecule has 13 heteroatoms. The van der Waals surface area contributed by atoms with E-state index in [-0.39, 0.29) is 24.9 Å². The number of anilines is 2. The fraction of sp³-hybridized carbons (Fsp3) is 0.500. The number of halogens is 4. The van der Waals surface area contributed by atoms with Gasteiger partial charge in [-0.05, 0) is 87.2 Å². The zero-order valence-corrected chi connectivity index (χ0v) is 23.5. The highest BCUT2D eigenvalue weighted by molar-refractivity contribution is 7.89. The summed E-state index contributed by atoms with van der Waals surface area (Å²) in [7, 11) is -4.19. The van der Waals surface area contributed by atoms with Gasteiger partial charge in [-0.25, -0.2) is 18.1 Å². The first kappa shape index (κ1) is 32.8. The molecular weight excluding hydrogens is 577 g/mol. The number of benzene rings is 2. The number of nitrogens with one attached hydrogen (secondary N) is 3. The average Bonchev–Trinajstić information content (AvgIpc) is 2.93. The lowest BCUT2D eigenvalue weighted by molar-refractivity contribution is -0.137. The van der Waals surface area contributed by atoms with Crippen LogP contribution in [0.3, 0.4) is 0 Å². The third-order valence-electron chi connectivity index (χ3n) is 7.15. The van der Waals surface area contributed by atoms with Crippen molar-refractivity contribution in [2.75, 3.05) is 36.8 Å². The summed E-state index contributed by atoms with van der Waals surface area (Å²) in [6.07, 6.45) is 0.550. The van der Waals surface area contributed by atoms with Crippen LogP contribution in [-0.4, -0.2) is 44.6 Å². The van der Waals surface area contributed by atoms with E-state index in [1.807, 2.05) is 24.3 Å². The fourth-order valence-corrected chi connectivity index (χ4v) is 6.47. The first-order valence-corrected chi connectivity index (χ1v) is 15.2. The van der Waals surface area contributed by atoms with Crippen molar-refractivity contribution in [1.82, 2.24) is 14.7 Å². The molecule has 0 radical (unpaired) electrons. The molecule has 5 N–H and O–H groups in total. The SMILES string of the molecule is C.NCCCCNc1nc(NCC2CCC(CNS(=O)(=O)c3cc(C(F)(F)F)ccc3Cl)CC2)nc2ccccc12. The Balaban J connectivity index is 0.00000462. The van der Waals surface area contributed by atoms with E-state index < -0.39 is 26.7 Å². The molecule has 1 saturated carbocycles. The normalized spacial score (nSPS) is 17.7. The summed E-state index contributed by atoms with van der Waals surface area (Å²) in [5, 5.41) is 7.46. The molecule has 4 rings (SSSR count). The molecule has 226 valence electrons. The third kappa shape index (κ3) is 8.91. The highest BCUT2D eigenvalue weighted by atomic mass is 35.5. The highest BCUT2D eigenvalue weighted by Gasteiger charge is 2.33. The van der Waals surface area contributed by atoms with Crippen LogP contribution in [0.1, 0.15) is 51.5 Å². The average molecular weight is 615 g/mol. The van der Waals surface area contributed by atoms with Gasteiger partial charge in [-0.3, -0.25) is 0 Å². The Labute approximate surface area is 244 Å². The van der Waals surface area contributed by atoms with Crippen molar-refractivity contribution in [2.45, 2.75) is 57.0 Å². The Bertz CT molecular complexity index is 1400. The predicted molar refractivity (Wildman–Crippen MR) is 159 cm³/mol. The van der Waals surface area contributed by atoms with E-state index in [0.717, 1.165) is 73.9 Å². The minimum atomic E-state index is -4.66. The van der Waals surface area contributed by atoms with Gasteiger partial charge in [0, 0.05) is 25.0 Å². The van der Waals surface area contributed by atoms with Gasteiger partial charge in [-0.1, -0.05) is 31.2 Å². The number of fused-ring (bicyclic) bond motifs is 1. The van der Waals surface area contributed by atoms with Crippen molar-refractivity contribution in [3.8, 4) is 0 Å². The molecule has 0 atom stereocenters. The Kier molecular flexibility index (Phi) is 11.6. The van der Waals surface area contributed by atoms with Crippen molar-refractivity contribution in [1.29, 1.82) is 0 Å². The molecule has 0 bridgehead atoms. The van der Waals surface area contributed by atoms with E-state index >= 15 is 0 Å². The molecule has 0 amide bonds. The van der Waals surface area contributed by atoms with Gasteiger partial charge in [0.25, 0.3) is 0 Å². The molecule has 2 aromatic carbocycles. The molecule has 41 heavy (non-hydrogen) atoms. The summed E-state index contributed by atoms with van der Waals surface area (Å²) < 4.78 is 67.1. The van der Waals surface area contributed by atoms with Crippen molar-refractivity contribution < 1.29 is 21.6 Å². The Hall–Kier alpha value is -2.67. The van der Waals surface area contributed by atoms with E-state index in [1.165, 1.54) is 0 Å². The van der Waals surface area contributed by atoms with E-state index in [0.29, 0.717) is 31.0 Å². The highest BCUT2D eigenvalue weighted by Crippen LogP contribution is 2.34. The Morgan fingerprint density at radius 3 is 2.32 bits per heavy atom. The third-order valence-corrected chi connectivity index (χ3v) is 9.06. The maximum atomic E-state index is 13.1. The molecule has 1 aliphatic carbocycles. The first-order chi connectivity index (χ1) is 19.1. The second kappa shape index (κ2) is 14.5. The lowest BCUT2D eigenvalue weighted by atomic mass is 9.82. The van der Waals surface area contributed by atoms with Crippen molar-refractivity contribution in [2.24, 2.45) is 17.6 Å². The lowest BCUT2D eigenvalue weighted by Gasteiger charge is -2.28. The standard InChI is InChI=1S/C27H34ClF3N6O2S.CH4/c28-22-12-11-20(27(29,30)31)15-24(22)40(38,39)35-17-19-9-7-18(8-10-19)16-34-26-36-23-6-2-1-5-21(23)25(37-26)33-14-4-3-13-32;/h1-2,5-6,11-12,15,18-19,35H,3-4,7-10,13-14,16-17,32H2,(H2,33,34,36,37);1H4. The van der Waals surface area contributed by atoms with E-state index in [4.69, 9.17) is 17.3 Å². The number of unbranched alkanes of at least 4 members (excludes halogenated alkanes) is 1. The van der Waals surface area contributed by atoms with E-state index in [1.54, 1.807) is 0 Å². The van der Waals surface area contributed by atoms with Crippen LogP contribution in [0.4, 0.5) is 24.9 Å². The van der Waals surface area contributed by atoms with E-state index in [9.17, 15) is 21.6 Å². The summed E-state index contributed by atoms with van der Waals surface area (Å²) in [6.45, 7) is 2.24. The molecule has 0 saturated heterocycles. The molecule has 0 unspecified atom stereocenters. The van der Waals surface area contributed by atoms with Crippen LogP contribution in [-0.2, 0) is 16.2 Å². The fourth-order valence-electron chi connectivity index (χ4n) is 4.83. The predicted octanol–water partition coefficient (Wildman–Crippen LogP) is 6.29. The molecule has 8 nitrogen and oxygen atoms in total. The molecular formula is C28H38ClF3N6O2S. The molecule has 0 spiro atoms.